The van der Waals surface area contributed by atoms with Crippen LogP contribution in [0, 0.1) is 0 Å². The molecule has 2 fully saturated rings. The summed E-state index contributed by atoms with van der Waals surface area (Å²) in [6, 6.07) is 4.27. The van der Waals surface area contributed by atoms with Gasteiger partial charge in [0.1, 0.15) is 5.82 Å². The molecule has 1 unspecified atom stereocenters. The number of halogens is 1. The van der Waals surface area contributed by atoms with Crippen LogP contribution in [-0.4, -0.2) is 83.4 Å². The number of guanidine groups is 1. The number of hydrogen-bond acceptors (Lipinski definition) is 5. The Morgan fingerprint density at radius 1 is 1.19 bits per heavy atom. The quantitative estimate of drug-likeness (QED) is 0.358. The molecule has 170 valence electrons. The molecule has 0 aliphatic carbocycles. The van der Waals surface area contributed by atoms with Crippen LogP contribution in [0.15, 0.2) is 35.7 Å². The lowest BCUT2D eigenvalue weighted by Crippen LogP contribution is -2.44. The summed E-state index contributed by atoms with van der Waals surface area (Å²) in [6.45, 7) is 9.90. The van der Waals surface area contributed by atoms with E-state index in [-0.39, 0.29) is 24.0 Å². The summed E-state index contributed by atoms with van der Waals surface area (Å²) in [5.41, 5.74) is 2.53. The zero-order valence-corrected chi connectivity index (χ0v) is 21.2. The minimum atomic E-state index is 0. The van der Waals surface area contributed by atoms with E-state index < -0.39 is 0 Å². The Bertz CT molecular complexity index is 859. The lowest BCUT2D eigenvalue weighted by molar-refractivity contribution is 0.312. The molecule has 2 aromatic heterocycles. The fraction of sp³-hybridized carbons (Fsp3) is 0.591. The number of aromatic nitrogens is 3. The van der Waals surface area contributed by atoms with Gasteiger partial charge in [-0.1, -0.05) is 0 Å². The first-order valence-electron chi connectivity index (χ1n) is 11.0. The molecule has 0 saturated carbocycles. The molecule has 1 N–H and O–H groups in total. The van der Waals surface area contributed by atoms with Crippen LogP contribution in [0.4, 0.5) is 5.82 Å². The van der Waals surface area contributed by atoms with Gasteiger partial charge in [-0.3, -0.25) is 4.68 Å². The van der Waals surface area contributed by atoms with Crippen LogP contribution >= 0.6 is 24.0 Å². The zero-order chi connectivity index (χ0) is 20.9. The van der Waals surface area contributed by atoms with Crippen LogP contribution in [0.1, 0.15) is 30.4 Å². The van der Waals surface area contributed by atoms with Gasteiger partial charge in [0.2, 0.25) is 0 Å². The third kappa shape index (κ3) is 6.09. The predicted molar refractivity (Wildman–Crippen MR) is 136 cm³/mol. The molecular formula is C22H35IN8. The van der Waals surface area contributed by atoms with Gasteiger partial charge in [-0.25, -0.2) is 9.98 Å². The van der Waals surface area contributed by atoms with E-state index in [2.05, 4.69) is 62.4 Å². The number of pyridine rings is 1. The molecule has 2 saturated heterocycles. The third-order valence-electron chi connectivity index (χ3n) is 6.07. The number of hydrogen-bond donors (Lipinski definition) is 1. The van der Waals surface area contributed by atoms with Crippen molar-refractivity contribution in [2.75, 3.05) is 57.8 Å². The van der Waals surface area contributed by atoms with Crippen molar-refractivity contribution in [3.05, 3.63) is 41.9 Å². The molecular weight excluding hydrogens is 503 g/mol. The van der Waals surface area contributed by atoms with Gasteiger partial charge in [-0.05, 0) is 43.7 Å². The average Bonchev–Trinajstić information content (AvgIpc) is 3.41. The van der Waals surface area contributed by atoms with Gasteiger partial charge in [0.05, 0.1) is 12.7 Å². The molecule has 0 bridgehead atoms. The highest BCUT2D eigenvalue weighted by Crippen LogP contribution is 2.26. The number of anilines is 1. The Hall–Kier alpha value is -1.88. The second-order valence-corrected chi connectivity index (χ2v) is 8.36. The minimum Gasteiger partial charge on any atom is -0.357 e. The van der Waals surface area contributed by atoms with Crippen LogP contribution in [-0.2, 0) is 13.6 Å². The van der Waals surface area contributed by atoms with Gasteiger partial charge in [0.15, 0.2) is 5.96 Å². The summed E-state index contributed by atoms with van der Waals surface area (Å²) in [4.78, 5) is 16.7. The summed E-state index contributed by atoms with van der Waals surface area (Å²) < 4.78 is 1.89. The van der Waals surface area contributed by atoms with E-state index in [9.17, 15) is 0 Å². The number of likely N-dealkylation sites (N-methyl/N-ethyl adjacent to an activating group) is 1. The minimum absolute atomic E-state index is 0. The molecule has 0 aromatic carbocycles. The van der Waals surface area contributed by atoms with Crippen molar-refractivity contribution >= 4 is 35.8 Å². The molecule has 2 aliphatic rings. The van der Waals surface area contributed by atoms with Crippen LogP contribution < -0.4 is 10.2 Å². The Morgan fingerprint density at radius 2 is 2.00 bits per heavy atom. The van der Waals surface area contributed by atoms with Crippen molar-refractivity contribution in [1.82, 2.24) is 29.9 Å². The van der Waals surface area contributed by atoms with E-state index in [1.165, 1.54) is 11.1 Å². The molecule has 0 amide bonds. The van der Waals surface area contributed by atoms with Crippen LogP contribution in [0.3, 0.4) is 0 Å². The third-order valence-corrected chi connectivity index (χ3v) is 6.07. The van der Waals surface area contributed by atoms with Crippen LogP contribution in [0.25, 0.3) is 0 Å². The van der Waals surface area contributed by atoms with Crippen LogP contribution in [0.2, 0.25) is 0 Å². The topological polar surface area (TPSA) is 64.8 Å². The highest BCUT2D eigenvalue weighted by atomic mass is 127. The normalized spacial score (nSPS) is 20.1. The van der Waals surface area contributed by atoms with E-state index in [4.69, 9.17) is 4.99 Å². The average molecular weight is 538 g/mol. The highest BCUT2D eigenvalue weighted by Gasteiger charge is 2.27. The van der Waals surface area contributed by atoms with E-state index in [0.29, 0.717) is 12.5 Å². The van der Waals surface area contributed by atoms with Gasteiger partial charge in [-0.2, -0.15) is 5.10 Å². The molecule has 2 aromatic rings. The Morgan fingerprint density at radius 3 is 2.71 bits per heavy atom. The first-order valence-corrected chi connectivity index (χ1v) is 11.0. The second kappa shape index (κ2) is 11.1. The number of rotatable bonds is 5. The molecule has 9 heteroatoms. The Labute approximate surface area is 202 Å². The second-order valence-electron chi connectivity index (χ2n) is 8.36. The van der Waals surface area contributed by atoms with Gasteiger partial charge in [-0.15, -0.1) is 24.0 Å². The fourth-order valence-corrected chi connectivity index (χ4v) is 4.24. The van der Waals surface area contributed by atoms with Crippen LogP contribution in [0.5, 0.6) is 0 Å². The van der Waals surface area contributed by atoms with Crippen molar-refractivity contribution in [3.63, 3.8) is 0 Å². The number of likely N-dealkylation sites (tertiary alicyclic amines) is 1. The van der Waals surface area contributed by atoms with Crippen molar-refractivity contribution in [1.29, 1.82) is 0 Å². The predicted octanol–water partition coefficient (Wildman–Crippen LogP) is 2.14. The lowest BCUT2D eigenvalue weighted by atomic mass is 10.0. The summed E-state index contributed by atoms with van der Waals surface area (Å²) in [6.07, 6.45) is 7.18. The van der Waals surface area contributed by atoms with Crippen molar-refractivity contribution in [2.24, 2.45) is 12.0 Å². The fourth-order valence-electron chi connectivity index (χ4n) is 4.24. The maximum Gasteiger partial charge on any atom is 0.194 e. The van der Waals surface area contributed by atoms with E-state index in [0.717, 1.165) is 64.0 Å². The molecule has 1 atom stereocenters. The Balaban J connectivity index is 0.00000272. The van der Waals surface area contributed by atoms with Gasteiger partial charge >= 0.3 is 0 Å². The molecule has 0 radical (unpaired) electrons. The summed E-state index contributed by atoms with van der Waals surface area (Å²) >= 11 is 0. The lowest BCUT2D eigenvalue weighted by Gasteiger charge is -2.33. The van der Waals surface area contributed by atoms with Gasteiger partial charge in [0, 0.05) is 71.2 Å². The first kappa shape index (κ1) is 23.8. The van der Waals surface area contributed by atoms with Crippen molar-refractivity contribution in [3.8, 4) is 0 Å². The maximum atomic E-state index is 4.95. The number of aryl methyl sites for hydroxylation is 1. The molecule has 31 heavy (non-hydrogen) atoms. The van der Waals surface area contributed by atoms with Crippen molar-refractivity contribution in [2.45, 2.75) is 25.8 Å². The number of nitrogens with zero attached hydrogens (tertiary/aromatic N) is 7. The first-order chi connectivity index (χ1) is 14.6. The summed E-state index contributed by atoms with van der Waals surface area (Å²) in [5.74, 6) is 2.59. The van der Waals surface area contributed by atoms with E-state index in [1.54, 1.807) is 0 Å². The standard InChI is InChI=1S/C22H34N8.HI/c1-4-23-22(30-8-6-19(17-30)20-15-26-28(3)16-20)25-14-18-5-7-24-21(13-18)29-11-9-27(2)10-12-29;/h5,7,13,15-16,19H,4,6,8-12,14,17H2,1-3H3,(H,23,25);1H. The molecule has 4 rings (SSSR count). The van der Waals surface area contributed by atoms with Gasteiger partial charge < -0.3 is 20.0 Å². The number of piperazine rings is 1. The highest BCUT2D eigenvalue weighted by molar-refractivity contribution is 14.0. The summed E-state index contributed by atoms with van der Waals surface area (Å²) in [7, 11) is 4.16. The SMILES string of the molecule is CCNC(=NCc1ccnc(N2CCN(C)CC2)c1)N1CCC(c2cnn(C)c2)C1.I. The maximum absolute atomic E-state index is 4.95. The van der Waals surface area contributed by atoms with E-state index >= 15 is 0 Å². The smallest absolute Gasteiger partial charge is 0.194 e. The number of nitrogens with one attached hydrogen (secondary N) is 1. The number of aliphatic imine (C=N–C) groups is 1. The molecule has 4 heterocycles. The van der Waals surface area contributed by atoms with Crippen molar-refractivity contribution < 1.29 is 0 Å². The van der Waals surface area contributed by atoms with E-state index in [1.807, 2.05) is 24.1 Å². The molecule has 0 spiro atoms. The summed E-state index contributed by atoms with van der Waals surface area (Å²) in [5, 5.41) is 7.81. The molecule has 8 nitrogen and oxygen atoms in total. The van der Waals surface area contributed by atoms with Gasteiger partial charge in [0.25, 0.3) is 0 Å². The Kier molecular flexibility index (Phi) is 8.53. The zero-order valence-electron chi connectivity index (χ0n) is 18.9. The monoisotopic (exact) mass is 538 g/mol. The molecule has 2 aliphatic heterocycles. The largest absolute Gasteiger partial charge is 0.357 e.